The van der Waals surface area contributed by atoms with Crippen LogP contribution in [0, 0.1) is 0 Å². The summed E-state index contributed by atoms with van der Waals surface area (Å²) in [6, 6.07) is 0. The average Bonchev–Trinajstić information content (AvgIpc) is 2.62. The number of carbonyl (C=O) groups excluding carboxylic acids is 4. The number of rotatable bonds is 2. The third-order valence-corrected chi connectivity index (χ3v) is 1.58. The molecule has 1 heterocycles. The van der Waals surface area contributed by atoms with E-state index < -0.39 is 17.8 Å². The molecule has 0 aromatic rings. The van der Waals surface area contributed by atoms with Gasteiger partial charge >= 0.3 is 5.97 Å². The van der Waals surface area contributed by atoms with E-state index in [-0.39, 0.29) is 32.8 Å². The highest BCUT2D eigenvalue weighted by Gasteiger charge is 2.31. The first-order chi connectivity index (χ1) is 9.29. The molecule has 1 aliphatic rings. The summed E-state index contributed by atoms with van der Waals surface area (Å²) in [6.45, 7) is 5.45. The molecule has 0 unspecified atom stereocenters. The van der Waals surface area contributed by atoms with Crippen molar-refractivity contribution in [3.05, 3.63) is 0 Å². The van der Waals surface area contributed by atoms with Crippen LogP contribution < -0.4 is 16.8 Å². The van der Waals surface area contributed by atoms with E-state index in [9.17, 15) is 19.2 Å². The number of carbonyl (C=O) groups is 4. The van der Waals surface area contributed by atoms with Crippen molar-refractivity contribution in [3.8, 4) is 0 Å². The monoisotopic (exact) mass is 306 g/mol. The van der Waals surface area contributed by atoms with Crippen molar-refractivity contribution < 1.29 is 24.0 Å². The molecule has 0 spiro atoms. The number of hydroxylamine groups is 2. The summed E-state index contributed by atoms with van der Waals surface area (Å²) < 4.78 is 0. The van der Waals surface area contributed by atoms with Crippen LogP contribution in [0.1, 0.15) is 41.0 Å². The van der Waals surface area contributed by atoms with E-state index in [2.05, 4.69) is 10.2 Å². The molecule has 1 saturated heterocycles. The second-order valence-corrected chi connectivity index (χ2v) is 3.51. The van der Waals surface area contributed by atoms with Crippen molar-refractivity contribution in [1.82, 2.24) is 10.4 Å². The molecule has 0 aromatic heterocycles. The molecule has 124 valence electrons. The molecule has 0 bridgehead atoms. The SMILES string of the molecule is C.CC(=O)NCN.CC(=O)ON1C(=O)CCC1=O.CCN. The average molecular weight is 306 g/mol. The standard InChI is InChI=1S/C6H7NO4.C3H8N2O.C2H7N.CH4/c1-4(8)11-7-5(9)2-3-6(7)10;1-3(6)5-2-4;1-2-3;/h2-3H2,1H3;2,4H2,1H3,(H,5,6);2-3H2,1H3;1H4. The third kappa shape index (κ3) is 14.2. The van der Waals surface area contributed by atoms with Crippen LogP contribution in [-0.4, -0.2) is 42.0 Å². The van der Waals surface area contributed by atoms with Gasteiger partial charge in [-0.15, -0.1) is 5.06 Å². The number of hydrogen-bond donors (Lipinski definition) is 3. The molecule has 3 amide bonds. The zero-order chi connectivity index (χ0) is 16.1. The predicted molar refractivity (Wildman–Crippen MR) is 77.2 cm³/mol. The van der Waals surface area contributed by atoms with Gasteiger partial charge in [0.2, 0.25) is 5.91 Å². The van der Waals surface area contributed by atoms with E-state index >= 15 is 0 Å². The van der Waals surface area contributed by atoms with Crippen molar-refractivity contribution in [2.75, 3.05) is 13.2 Å². The smallest absolute Gasteiger partial charge is 0.330 e. The fourth-order valence-electron chi connectivity index (χ4n) is 0.930. The van der Waals surface area contributed by atoms with Gasteiger partial charge in [-0.05, 0) is 6.54 Å². The number of nitrogens with zero attached hydrogens (tertiary/aromatic N) is 1. The Morgan fingerprint density at radius 2 is 1.57 bits per heavy atom. The Kier molecular flexibility index (Phi) is 16.5. The Hall–Kier alpha value is -2.00. The maximum absolute atomic E-state index is 10.7. The van der Waals surface area contributed by atoms with Crippen molar-refractivity contribution in [1.29, 1.82) is 0 Å². The lowest BCUT2D eigenvalue weighted by molar-refractivity contribution is -0.195. The fraction of sp³-hybridized carbons (Fsp3) is 0.667. The van der Waals surface area contributed by atoms with Gasteiger partial charge in [-0.2, -0.15) is 0 Å². The molecule has 5 N–H and O–H groups in total. The van der Waals surface area contributed by atoms with Crippen LogP contribution >= 0.6 is 0 Å². The molecular weight excluding hydrogens is 280 g/mol. The molecule has 1 rings (SSSR count). The van der Waals surface area contributed by atoms with E-state index in [4.69, 9.17) is 11.5 Å². The number of amides is 3. The quantitative estimate of drug-likeness (QED) is 0.449. The van der Waals surface area contributed by atoms with Crippen molar-refractivity contribution in [2.45, 2.75) is 41.0 Å². The van der Waals surface area contributed by atoms with Crippen LogP contribution in [0.3, 0.4) is 0 Å². The van der Waals surface area contributed by atoms with Gasteiger partial charge in [-0.1, -0.05) is 14.4 Å². The maximum atomic E-state index is 10.7. The first-order valence-electron chi connectivity index (χ1n) is 5.98. The lowest BCUT2D eigenvalue weighted by Gasteiger charge is -2.09. The topological polar surface area (TPSA) is 145 Å². The number of hydrogen-bond acceptors (Lipinski definition) is 7. The molecule has 0 aliphatic carbocycles. The minimum absolute atomic E-state index is 0. The van der Waals surface area contributed by atoms with Crippen LogP contribution in [0.15, 0.2) is 0 Å². The van der Waals surface area contributed by atoms with Crippen LogP contribution in [0.2, 0.25) is 0 Å². The van der Waals surface area contributed by atoms with E-state index in [0.717, 1.165) is 13.5 Å². The van der Waals surface area contributed by atoms with Gasteiger partial charge in [0.25, 0.3) is 11.8 Å². The maximum Gasteiger partial charge on any atom is 0.330 e. The molecule has 1 aliphatic heterocycles. The number of nitrogens with one attached hydrogen (secondary N) is 1. The second kappa shape index (κ2) is 14.4. The Labute approximate surface area is 124 Å². The lowest BCUT2D eigenvalue weighted by Crippen LogP contribution is -2.30. The Morgan fingerprint density at radius 3 is 1.76 bits per heavy atom. The minimum atomic E-state index is -0.659. The molecule has 0 saturated carbocycles. The first kappa shape index (κ1) is 24.0. The largest absolute Gasteiger partial charge is 0.344 e. The summed E-state index contributed by atoms with van der Waals surface area (Å²) in [5.74, 6) is -1.65. The highest BCUT2D eigenvalue weighted by atomic mass is 16.7. The normalized spacial score (nSPS) is 12.1. The summed E-state index contributed by atoms with van der Waals surface area (Å²) in [6.07, 6.45) is 0.262. The fourth-order valence-corrected chi connectivity index (χ4v) is 0.930. The number of nitrogens with two attached hydrogens (primary N) is 2. The second-order valence-electron chi connectivity index (χ2n) is 3.51. The lowest BCUT2D eigenvalue weighted by atomic mass is 10.4. The van der Waals surface area contributed by atoms with Gasteiger partial charge in [0, 0.05) is 26.7 Å². The first-order valence-corrected chi connectivity index (χ1v) is 5.98. The third-order valence-electron chi connectivity index (χ3n) is 1.58. The van der Waals surface area contributed by atoms with Gasteiger partial charge in [0.1, 0.15) is 0 Å². The van der Waals surface area contributed by atoms with Gasteiger partial charge in [0.15, 0.2) is 0 Å². The molecule has 9 heteroatoms. The van der Waals surface area contributed by atoms with E-state index in [1.54, 1.807) is 0 Å². The van der Waals surface area contributed by atoms with E-state index in [1.165, 1.54) is 6.92 Å². The molecule has 0 atom stereocenters. The number of imide groups is 1. The van der Waals surface area contributed by atoms with Crippen molar-refractivity contribution in [3.63, 3.8) is 0 Å². The van der Waals surface area contributed by atoms with Crippen molar-refractivity contribution >= 4 is 23.7 Å². The van der Waals surface area contributed by atoms with Gasteiger partial charge in [-0.25, -0.2) is 4.79 Å². The zero-order valence-electron chi connectivity index (χ0n) is 12.0. The van der Waals surface area contributed by atoms with Crippen LogP contribution in [-0.2, 0) is 24.0 Å². The van der Waals surface area contributed by atoms with Crippen LogP contribution in [0.25, 0.3) is 0 Å². The summed E-state index contributed by atoms with van der Waals surface area (Å²) in [4.78, 5) is 46.0. The summed E-state index contributed by atoms with van der Waals surface area (Å²) in [7, 11) is 0. The summed E-state index contributed by atoms with van der Waals surface area (Å²) in [5.41, 5.74) is 9.74. The zero-order valence-corrected chi connectivity index (χ0v) is 12.0. The minimum Gasteiger partial charge on any atom is -0.344 e. The van der Waals surface area contributed by atoms with Gasteiger partial charge in [0.05, 0.1) is 6.67 Å². The van der Waals surface area contributed by atoms with E-state index in [0.29, 0.717) is 5.06 Å². The van der Waals surface area contributed by atoms with Crippen LogP contribution in [0.5, 0.6) is 0 Å². The Morgan fingerprint density at radius 1 is 1.19 bits per heavy atom. The molecule has 0 aromatic carbocycles. The summed E-state index contributed by atoms with van der Waals surface area (Å²) >= 11 is 0. The van der Waals surface area contributed by atoms with Crippen LogP contribution in [0.4, 0.5) is 0 Å². The predicted octanol–water partition coefficient (Wildman–Crippen LogP) is -0.747. The van der Waals surface area contributed by atoms with Gasteiger partial charge < -0.3 is 21.6 Å². The summed E-state index contributed by atoms with van der Waals surface area (Å²) in [5, 5.41) is 2.86. The molecular formula is C12H26N4O5. The highest BCUT2D eigenvalue weighted by molar-refractivity contribution is 6.01. The van der Waals surface area contributed by atoms with Gasteiger partial charge in [-0.3, -0.25) is 14.4 Å². The van der Waals surface area contributed by atoms with Crippen molar-refractivity contribution in [2.24, 2.45) is 11.5 Å². The van der Waals surface area contributed by atoms with E-state index in [1.807, 2.05) is 6.92 Å². The Bertz CT molecular complexity index is 331. The molecule has 21 heavy (non-hydrogen) atoms. The molecule has 1 fully saturated rings. The molecule has 0 radical (unpaired) electrons. The molecule has 9 nitrogen and oxygen atoms in total. The highest BCUT2D eigenvalue weighted by Crippen LogP contribution is 2.11. The Balaban J connectivity index is -0.000000278.